The van der Waals surface area contributed by atoms with Crippen LogP contribution in [0.25, 0.3) is 0 Å². The first-order valence-electron chi connectivity index (χ1n) is 5.81. The van der Waals surface area contributed by atoms with Gasteiger partial charge in [0.2, 0.25) is 0 Å². The summed E-state index contributed by atoms with van der Waals surface area (Å²) in [4.78, 5) is 22.4. The third kappa shape index (κ3) is 3.12. The molecule has 0 bridgehead atoms. The van der Waals surface area contributed by atoms with Gasteiger partial charge in [0, 0.05) is 5.56 Å². The van der Waals surface area contributed by atoms with Crippen LogP contribution in [-0.2, 0) is 0 Å². The van der Waals surface area contributed by atoms with Gasteiger partial charge in [-0.2, -0.15) is 10.2 Å². The van der Waals surface area contributed by atoms with E-state index in [0.717, 1.165) is 0 Å². The summed E-state index contributed by atoms with van der Waals surface area (Å²) in [5.41, 5.74) is 3.54. The van der Waals surface area contributed by atoms with Crippen molar-refractivity contribution in [1.82, 2.24) is 5.43 Å². The minimum Gasteiger partial charge on any atom is -0.298 e. The summed E-state index contributed by atoms with van der Waals surface area (Å²) in [7, 11) is 0. The Morgan fingerprint density at radius 3 is 2.40 bits per heavy atom. The normalized spacial score (nSPS) is 10.4. The highest BCUT2D eigenvalue weighted by Crippen LogP contribution is 2.20. The molecule has 3 N–H and O–H groups in total. The molecule has 2 rings (SSSR count). The number of hydrogen-bond acceptors (Lipinski definition) is 5. The number of benzene rings is 2. The highest BCUT2D eigenvalue weighted by molar-refractivity contribution is 6.01. The second-order valence-corrected chi connectivity index (χ2v) is 3.90. The van der Waals surface area contributed by atoms with Crippen molar-refractivity contribution >= 4 is 23.6 Å². The molecule has 0 saturated heterocycles. The highest BCUT2D eigenvalue weighted by atomic mass is 16.2. The van der Waals surface area contributed by atoms with Gasteiger partial charge in [0.1, 0.15) is 0 Å². The van der Waals surface area contributed by atoms with E-state index < -0.39 is 5.91 Å². The zero-order valence-corrected chi connectivity index (χ0v) is 10.5. The van der Waals surface area contributed by atoms with Crippen molar-refractivity contribution in [3.05, 3.63) is 59.7 Å². The number of nitrogens with zero attached hydrogens (tertiary/aromatic N) is 2. The predicted molar refractivity (Wildman–Crippen MR) is 74.1 cm³/mol. The molecular formula is C14H12N4O2. The molecule has 0 aliphatic rings. The molecule has 0 unspecified atom stereocenters. The molecular weight excluding hydrogens is 256 g/mol. The van der Waals surface area contributed by atoms with E-state index in [4.69, 9.17) is 5.84 Å². The second kappa shape index (κ2) is 6.35. The Hall–Kier alpha value is -2.86. The lowest BCUT2D eigenvalue weighted by molar-refractivity contribution is 0.0948. The van der Waals surface area contributed by atoms with E-state index in [1.54, 1.807) is 18.2 Å². The molecule has 1 amide bonds. The number of carbonyl (C=O) groups is 2. The topological polar surface area (TPSA) is 96.9 Å². The maximum absolute atomic E-state index is 11.6. The monoisotopic (exact) mass is 268 g/mol. The Balaban J connectivity index is 2.32. The van der Waals surface area contributed by atoms with Gasteiger partial charge in [-0.1, -0.05) is 18.2 Å². The van der Waals surface area contributed by atoms with E-state index in [1.807, 2.05) is 23.6 Å². The lowest BCUT2D eigenvalue weighted by Crippen LogP contribution is -2.30. The third-order valence-electron chi connectivity index (χ3n) is 2.58. The minimum absolute atomic E-state index is 0.159. The van der Waals surface area contributed by atoms with Crippen LogP contribution in [0.15, 0.2) is 58.8 Å². The molecule has 0 saturated carbocycles. The Morgan fingerprint density at radius 1 is 1.05 bits per heavy atom. The smallest absolute Gasteiger partial charge is 0.265 e. The first-order valence-corrected chi connectivity index (χ1v) is 5.81. The first-order chi connectivity index (χ1) is 9.74. The summed E-state index contributed by atoms with van der Waals surface area (Å²) < 4.78 is 0. The molecule has 100 valence electrons. The summed E-state index contributed by atoms with van der Waals surface area (Å²) in [6, 6.07) is 13.7. The SMILES string of the molecule is NNC(=O)c1cc(N=Nc2ccccc2)ccc1C=O. The van der Waals surface area contributed by atoms with E-state index in [2.05, 4.69) is 10.2 Å². The number of azo groups is 1. The van der Waals surface area contributed by atoms with Crippen LogP contribution in [0.3, 0.4) is 0 Å². The number of nitrogens with one attached hydrogen (secondary N) is 1. The van der Waals surface area contributed by atoms with Gasteiger partial charge in [0.05, 0.1) is 16.9 Å². The molecule has 2 aromatic carbocycles. The molecule has 0 aromatic heterocycles. The van der Waals surface area contributed by atoms with E-state index >= 15 is 0 Å². The van der Waals surface area contributed by atoms with Crippen LogP contribution >= 0.6 is 0 Å². The second-order valence-electron chi connectivity index (χ2n) is 3.90. The number of nitrogen functional groups attached to an aromatic ring is 1. The maximum Gasteiger partial charge on any atom is 0.265 e. The Kier molecular flexibility index (Phi) is 4.31. The number of aldehydes is 1. The molecule has 0 aliphatic heterocycles. The fraction of sp³-hybridized carbons (Fsp3) is 0. The fourth-order valence-corrected chi connectivity index (χ4v) is 1.59. The number of carbonyl (C=O) groups excluding carboxylic acids is 2. The zero-order chi connectivity index (χ0) is 14.4. The van der Waals surface area contributed by atoms with Crippen LogP contribution in [0.4, 0.5) is 11.4 Å². The highest BCUT2D eigenvalue weighted by Gasteiger charge is 2.10. The van der Waals surface area contributed by atoms with Gasteiger partial charge in [0.25, 0.3) is 5.91 Å². The van der Waals surface area contributed by atoms with Crippen molar-refractivity contribution in [2.45, 2.75) is 0 Å². The molecule has 0 aliphatic carbocycles. The van der Waals surface area contributed by atoms with Gasteiger partial charge >= 0.3 is 0 Å². The van der Waals surface area contributed by atoms with Crippen LogP contribution in [0, 0.1) is 0 Å². The van der Waals surface area contributed by atoms with Crippen molar-refractivity contribution in [3.63, 3.8) is 0 Å². The molecule has 6 heteroatoms. The number of rotatable bonds is 4. The minimum atomic E-state index is -0.552. The number of hydrogen-bond donors (Lipinski definition) is 2. The number of nitrogens with two attached hydrogens (primary N) is 1. The number of hydrazine groups is 1. The lowest BCUT2D eigenvalue weighted by atomic mass is 10.1. The van der Waals surface area contributed by atoms with E-state index in [0.29, 0.717) is 17.7 Å². The molecule has 0 fully saturated rings. The largest absolute Gasteiger partial charge is 0.298 e. The fourth-order valence-electron chi connectivity index (χ4n) is 1.59. The van der Waals surface area contributed by atoms with Gasteiger partial charge in [-0.05, 0) is 30.3 Å². The van der Waals surface area contributed by atoms with Gasteiger partial charge in [-0.25, -0.2) is 5.84 Å². The van der Waals surface area contributed by atoms with Crippen molar-refractivity contribution < 1.29 is 9.59 Å². The van der Waals surface area contributed by atoms with Crippen LogP contribution < -0.4 is 11.3 Å². The van der Waals surface area contributed by atoms with Gasteiger partial charge in [-0.3, -0.25) is 15.0 Å². The van der Waals surface area contributed by atoms with Crippen molar-refractivity contribution in [2.75, 3.05) is 0 Å². The predicted octanol–water partition coefficient (Wildman–Crippen LogP) is 2.52. The van der Waals surface area contributed by atoms with Crippen LogP contribution in [0.2, 0.25) is 0 Å². The van der Waals surface area contributed by atoms with Crippen molar-refractivity contribution in [2.24, 2.45) is 16.1 Å². The lowest BCUT2D eigenvalue weighted by Gasteiger charge is -2.03. The quantitative estimate of drug-likeness (QED) is 0.293. The molecule has 6 nitrogen and oxygen atoms in total. The Bertz CT molecular complexity index is 653. The first kappa shape index (κ1) is 13.6. The summed E-state index contributed by atoms with van der Waals surface area (Å²) in [6.07, 6.45) is 0.586. The Morgan fingerprint density at radius 2 is 1.75 bits per heavy atom. The maximum atomic E-state index is 11.6. The van der Waals surface area contributed by atoms with Crippen LogP contribution in [0.1, 0.15) is 20.7 Å². The molecule has 2 aromatic rings. The van der Waals surface area contributed by atoms with E-state index in [-0.39, 0.29) is 11.1 Å². The molecule has 20 heavy (non-hydrogen) atoms. The van der Waals surface area contributed by atoms with E-state index in [1.165, 1.54) is 12.1 Å². The Labute approximate surface area is 115 Å². The average Bonchev–Trinajstić information content (AvgIpc) is 2.52. The van der Waals surface area contributed by atoms with Gasteiger partial charge < -0.3 is 0 Å². The number of amides is 1. The standard InChI is InChI=1S/C14H12N4O2/c15-16-14(20)13-8-12(7-6-10(13)9-19)18-17-11-4-2-1-3-5-11/h1-9H,15H2,(H,16,20). The summed E-state index contributed by atoms with van der Waals surface area (Å²) in [5.74, 6) is 4.52. The van der Waals surface area contributed by atoms with Crippen LogP contribution in [0.5, 0.6) is 0 Å². The van der Waals surface area contributed by atoms with Gasteiger partial charge in [0.15, 0.2) is 6.29 Å². The molecule has 0 spiro atoms. The van der Waals surface area contributed by atoms with Crippen LogP contribution in [-0.4, -0.2) is 12.2 Å². The van der Waals surface area contributed by atoms with Gasteiger partial charge in [-0.15, -0.1) is 0 Å². The third-order valence-corrected chi connectivity index (χ3v) is 2.58. The zero-order valence-electron chi connectivity index (χ0n) is 10.5. The molecule has 0 radical (unpaired) electrons. The molecule has 0 heterocycles. The van der Waals surface area contributed by atoms with E-state index in [9.17, 15) is 9.59 Å². The average molecular weight is 268 g/mol. The van der Waals surface area contributed by atoms with Crippen molar-refractivity contribution in [3.8, 4) is 0 Å². The molecule has 0 atom stereocenters. The van der Waals surface area contributed by atoms with Crippen molar-refractivity contribution in [1.29, 1.82) is 0 Å². The summed E-state index contributed by atoms with van der Waals surface area (Å²) in [5, 5.41) is 8.05. The summed E-state index contributed by atoms with van der Waals surface area (Å²) in [6.45, 7) is 0. The summed E-state index contributed by atoms with van der Waals surface area (Å²) >= 11 is 0.